The van der Waals surface area contributed by atoms with Crippen molar-refractivity contribution >= 4 is 0 Å². The molecule has 58 valence electrons. The third-order valence-electron chi connectivity index (χ3n) is 2.02. The number of hydrogen-bond donors (Lipinski definition) is 2. The first-order chi connectivity index (χ1) is 4.97. The van der Waals surface area contributed by atoms with Crippen molar-refractivity contribution in [2.45, 2.75) is 24.9 Å². The van der Waals surface area contributed by atoms with Gasteiger partial charge < -0.3 is 9.68 Å². The van der Waals surface area contributed by atoms with Crippen LogP contribution in [0.25, 0.3) is 0 Å². The van der Waals surface area contributed by atoms with Gasteiger partial charge in [0.05, 0.1) is 25.3 Å². The van der Waals surface area contributed by atoms with E-state index in [0.717, 1.165) is 26.1 Å². The lowest BCUT2D eigenvalue weighted by atomic mass is 10.1. The summed E-state index contributed by atoms with van der Waals surface area (Å²) in [7, 11) is 0. The van der Waals surface area contributed by atoms with Gasteiger partial charge in [-0.1, -0.05) is 0 Å². The minimum Gasteiger partial charge on any atom is -0.301 e. The molecule has 2 N–H and O–H groups in total. The summed E-state index contributed by atoms with van der Waals surface area (Å²) in [6.07, 6.45) is 2.17. The highest BCUT2D eigenvalue weighted by molar-refractivity contribution is 4.82. The van der Waals surface area contributed by atoms with Gasteiger partial charge in [-0.3, -0.25) is 0 Å². The predicted molar refractivity (Wildman–Crippen MR) is 35.0 cm³/mol. The minimum absolute atomic E-state index is 0.447. The average molecular weight is 144 g/mol. The fourth-order valence-electron chi connectivity index (χ4n) is 1.39. The van der Waals surface area contributed by atoms with Crippen LogP contribution in [0, 0.1) is 0 Å². The molecule has 2 saturated heterocycles. The zero-order valence-electron chi connectivity index (χ0n) is 5.80. The normalized spacial score (nSPS) is 40.8. The van der Waals surface area contributed by atoms with Gasteiger partial charge in [0, 0.05) is 0 Å². The third-order valence-corrected chi connectivity index (χ3v) is 2.02. The second-order valence-corrected chi connectivity index (χ2v) is 2.72. The molecule has 4 nitrogen and oxygen atoms in total. The van der Waals surface area contributed by atoms with E-state index in [0.29, 0.717) is 12.1 Å². The summed E-state index contributed by atoms with van der Waals surface area (Å²) in [4.78, 5) is 10.0. The van der Waals surface area contributed by atoms with Crippen molar-refractivity contribution in [1.29, 1.82) is 0 Å². The first-order valence-corrected chi connectivity index (χ1v) is 3.71. The summed E-state index contributed by atoms with van der Waals surface area (Å²) in [5.74, 6) is 0. The highest BCUT2D eigenvalue weighted by Crippen LogP contribution is 2.12. The van der Waals surface area contributed by atoms with Crippen LogP contribution >= 0.6 is 0 Å². The topological polar surface area (TPSA) is 42.5 Å². The van der Waals surface area contributed by atoms with Gasteiger partial charge in [-0.25, -0.2) is 0 Å². The van der Waals surface area contributed by atoms with E-state index < -0.39 is 0 Å². The SMILES string of the molecule is C1CC(C2CCON2)NO1. The van der Waals surface area contributed by atoms with Gasteiger partial charge in [0.1, 0.15) is 0 Å². The molecular formula is C6H12N2O2. The van der Waals surface area contributed by atoms with Crippen LogP contribution in [0.5, 0.6) is 0 Å². The Kier molecular flexibility index (Phi) is 1.86. The molecule has 0 bridgehead atoms. The van der Waals surface area contributed by atoms with E-state index in [4.69, 9.17) is 9.68 Å². The van der Waals surface area contributed by atoms with E-state index in [-0.39, 0.29) is 0 Å². The lowest BCUT2D eigenvalue weighted by Gasteiger charge is -2.14. The molecule has 4 heteroatoms. The molecule has 0 aliphatic carbocycles. The van der Waals surface area contributed by atoms with Crippen molar-refractivity contribution in [1.82, 2.24) is 11.0 Å². The molecule has 2 unspecified atom stereocenters. The third kappa shape index (κ3) is 1.15. The maximum Gasteiger partial charge on any atom is 0.0698 e. The lowest BCUT2D eigenvalue weighted by Crippen LogP contribution is -2.40. The lowest BCUT2D eigenvalue weighted by molar-refractivity contribution is 0.0565. The van der Waals surface area contributed by atoms with Gasteiger partial charge >= 0.3 is 0 Å². The molecule has 2 fully saturated rings. The van der Waals surface area contributed by atoms with Crippen molar-refractivity contribution < 1.29 is 9.68 Å². The van der Waals surface area contributed by atoms with Crippen molar-refractivity contribution in [2.75, 3.05) is 13.2 Å². The molecule has 0 spiro atoms. The molecule has 2 atom stereocenters. The van der Waals surface area contributed by atoms with E-state index in [1.54, 1.807) is 0 Å². The van der Waals surface area contributed by atoms with E-state index >= 15 is 0 Å². The molecule has 0 radical (unpaired) electrons. The Labute approximate surface area is 59.8 Å². The highest BCUT2D eigenvalue weighted by Gasteiger charge is 2.28. The summed E-state index contributed by atoms with van der Waals surface area (Å²) in [6, 6.07) is 0.894. The zero-order chi connectivity index (χ0) is 6.81. The van der Waals surface area contributed by atoms with E-state index in [1.165, 1.54) is 0 Å². The summed E-state index contributed by atoms with van der Waals surface area (Å²) in [6.45, 7) is 1.64. The molecule has 0 aromatic rings. The van der Waals surface area contributed by atoms with Gasteiger partial charge in [0.25, 0.3) is 0 Å². The summed E-state index contributed by atoms with van der Waals surface area (Å²) in [5, 5.41) is 0. The first-order valence-electron chi connectivity index (χ1n) is 3.71. The van der Waals surface area contributed by atoms with Crippen molar-refractivity contribution in [3.8, 4) is 0 Å². The van der Waals surface area contributed by atoms with Crippen LogP contribution in [0.2, 0.25) is 0 Å². The Bertz CT molecular complexity index is 94.3. The Morgan fingerprint density at radius 1 is 0.900 bits per heavy atom. The Morgan fingerprint density at radius 3 is 1.70 bits per heavy atom. The summed E-state index contributed by atoms with van der Waals surface area (Å²) in [5.41, 5.74) is 5.91. The molecule has 2 aliphatic rings. The van der Waals surface area contributed by atoms with Gasteiger partial charge in [-0.15, -0.1) is 0 Å². The van der Waals surface area contributed by atoms with Gasteiger partial charge in [0.15, 0.2) is 0 Å². The molecule has 0 aromatic carbocycles. The van der Waals surface area contributed by atoms with Crippen molar-refractivity contribution in [3.05, 3.63) is 0 Å². The van der Waals surface area contributed by atoms with Gasteiger partial charge in [-0.2, -0.15) is 11.0 Å². The van der Waals surface area contributed by atoms with Crippen LogP contribution < -0.4 is 11.0 Å². The fourth-order valence-corrected chi connectivity index (χ4v) is 1.39. The van der Waals surface area contributed by atoms with E-state index in [2.05, 4.69) is 11.0 Å². The van der Waals surface area contributed by atoms with Crippen LogP contribution in [0.3, 0.4) is 0 Å². The molecular weight excluding hydrogens is 132 g/mol. The van der Waals surface area contributed by atoms with E-state index in [9.17, 15) is 0 Å². The summed E-state index contributed by atoms with van der Waals surface area (Å²) >= 11 is 0. The number of hydrogen-bond acceptors (Lipinski definition) is 4. The molecule has 2 heterocycles. The molecule has 0 saturated carbocycles. The number of hydroxylamine groups is 2. The zero-order valence-corrected chi connectivity index (χ0v) is 5.80. The quantitative estimate of drug-likeness (QED) is 0.524. The standard InChI is InChI=1S/C6H12N2O2/c1-3-9-7-5(1)6-2-4-10-8-6/h5-8H,1-4H2. The first kappa shape index (κ1) is 6.54. The molecule has 2 aliphatic heterocycles. The van der Waals surface area contributed by atoms with Crippen LogP contribution in [-0.2, 0) is 9.68 Å². The van der Waals surface area contributed by atoms with Crippen LogP contribution in [-0.4, -0.2) is 25.3 Å². The summed E-state index contributed by atoms with van der Waals surface area (Å²) < 4.78 is 0. The number of rotatable bonds is 1. The Morgan fingerprint density at radius 2 is 1.40 bits per heavy atom. The Hall–Kier alpha value is -0.160. The smallest absolute Gasteiger partial charge is 0.0698 e. The molecule has 0 amide bonds. The number of nitrogens with one attached hydrogen (secondary N) is 2. The maximum absolute atomic E-state index is 5.02. The van der Waals surface area contributed by atoms with Crippen LogP contribution in [0.1, 0.15) is 12.8 Å². The minimum atomic E-state index is 0.447. The van der Waals surface area contributed by atoms with Crippen molar-refractivity contribution in [3.63, 3.8) is 0 Å². The average Bonchev–Trinajstić information content (AvgIpc) is 2.59. The Balaban J connectivity index is 1.85. The second kappa shape index (κ2) is 2.84. The second-order valence-electron chi connectivity index (χ2n) is 2.72. The molecule has 0 aromatic heterocycles. The molecule has 2 rings (SSSR count). The van der Waals surface area contributed by atoms with Gasteiger partial charge in [0.2, 0.25) is 0 Å². The van der Waals surface area contributed by atoms with Crippen molar-refractivity contribution in [2.24, 2.45) is 0 Å². The van der Waals surface area contributed by atoms with Crippen LogP contribution in [0.4, 0.5) is 0 Å². The molecule has 10 heavy (non-hydrogen) atoms. The maximum atomic E-state index is 5.02. The highest BCUT2D eigenvalue weighted by atomic mass is 16.7. The van der Waals surface area contributed by atoms with Gasteiger partial charge in [-0.05, 0) is 12.8 Å². The van der Waals surface area contributed by atoms with Crippen LogP contribution in [0.15, 0.2) is 0 Å². The van der Waals surface area contributed by atoms with E-state index in [1.807, 2.05) is 0 Å². The monoisotopic (exact) mass is 144 g/mol. The fraction of sp³-hybridized carbons (Fsp3) is 1.00. The predicted octanol–water partition coefficient (Wildman–Crippen LogP) is -0.427. The largest absolute Gasteiger partial charge is 0.301 e.